The Labute approximate surface area is 142 Å². The lowest BCUT2D eigenvalue weighted by Gasteiger charge is -2.11. The van der Waals surface area contributed by atoms with Crippen molar-refractivity contribution >= 4 is 50.3 Å². The summed E-state index contributed by atoms with van der Waals surface area (Å²) in [6.45, 7) is 0.0878. The fourth-order valence-corrected chi connectivity index (χ4v) is 3.09. The Bertz CT molecular complexity index is 668. The summed E-state index contributed by atoms with van der Waals surface area (Å²) in [5.74, 6) is -2.01. The number of halogens is 4. The van der Waals surface area contributed by atoms with Crippen LogP contribution in [-0.4, -0.2) is 6.09 Å². The molecule has 0 aromatic heterocycles. The summed E-state index contributed by atoms with van der Waals surface area (Å²) in [4.78, 5) is 11.7. The predicted molar refractivity (Wildman–Crippen MR) is 87.0 cm³/mol. The van der Waals surface area contributed by atoms with Crippen molar-refractivity contribution in [3.8, 4) is 0 Å². The Morgan fingerprint density at radius 2 is 1.95 bits per heavy atom. The van der Waals surface area contributed by atoms with Gasteiger partial charge < -0.3 is 4.74 Å². The van der Waals surface area contributed by atoms with E-state index in [2.05, 4.69) is 21.2 Å². The van der Waals surface area contributed by atoms with Gasteiger partial charge in [0.1, 0.15) is 6.61 Å². The van der Waals surface area contributed by atoms with Crippen molar-refractivity contribution in [1.82, 2.24) is 0 Å². The average molecular weight is 468 g/mol. The maximum atomic E-state index is 13.5. The van der Waals surface area contributed by atoms with E-state index in [9.17, 15) is 13.6 Å². The molecule has 0 bridgehead atoms. The molecule has 2 aromatic rings. The van der Waals surface area contributed by atoms with Gasteiger partial charge in [0.05, 0.1) is 9.26 Å². The van der Waals surface area contributed by atoms with Crippen LogP contribution in [-0.2, 0) is 11.3 Å². The molecule has 0 atom stereocenters. The Kier molecular flexibility index (Phi) is 5.51. The summed E-state index contributed by atoms with van der Waals surface area (Å²) in [7, 11) is 0. The zero-order valence-electron chi connectivity index (χ0n) is 10.5. The zero-order valence-corrected chi connectivity index (χ0v) is 14.2. The molecule has 2 aromatic carbocycles. The highest BCUT2D eigenvalue weighted by molar-refractivity contribution is 14.1. The number of benzene rings is 2. The molecule has 7 heteroatoms. The van der Waals surface area contributed by atoms with Gasteiger partial charge in [-0.1, -0.05) is 30.3 Å². The molecule has 1 amide bonds. The highest BCUT2D eigenvalue weighted by Gasteiger charge is 2.17. The second-order valence-electron chi connectivity index (χ2n) is 4.03. The minimum Gasteiger partial charge on any atom is -0.444 e. The largest absolute Gasteiger partial charge is 0.444 e. The Hall–Kier alpha value is -1.22. The molecule has 0 spiro atoms. The summed E-state index contributed by atoms with van der Waals surface area (Å²) < 4.78 is 31.9. The number of carbonyl (C=O) groups is 1. The SMILES string of the molecule is O=C(Nc1c(Br)cc(F)c(F)c1I)OCc1ccccc1. The van der Waals surface area contributed by atoms with Crippen LogP contribution in [0.1, 0.15) is 5.56 Å². The van der Waals surface area contributed by atoms with Gasteiger partial charge in [-0.2, -0.15) is 0 Å². The molecule has 0 saturated carbocycles. The number of hydrogen-bond donors (Lipinski definition) is 1. The lowest BCUT2D eigenvalue weighted by molar-refractivity contribution is 0.155. The third-order valence-electron chi connectivity index (χ3n) is 2.55. The molecule has 0 fully saturated rings. The molecule has 3 nitrogen and oxygen atoms in total. The van der Waals surface area contributed by atoms with Gasteiger partial charge in [-0.25, -0.2) is 13.6 Å². The number of anilines is 1. The molecule has 0 aliphatic carbocycles. The normalized spacial score (nSPS) is 10.3. The van der Waals surface area contributed by atoms with Crippen molar-refractivity contribution < 1.29 is 18.3 Å². The third-order valence-corrected chi connectivity index (χ3v) is 4.19. The monoisotopic (exact) mass is 467 g/mol. The maximum Gasteiger partial charge on any atom is 0.412 e. The second kappa shape index (κ2) is 7.17. The van der Waals surface area contributed by atoms with Crippen LogP contribution in [0.5, 0.6) is 0 Å². The van der Waals surface area contributed by atoms with Gasteiger partial charge in [0.25, 0.3) is 0 Å². The Balaban J connectivity index is 2.05. The minimum absolute atomic E-state index is 0.0314. The molecule has 0 radical (unpaired) electrons. The Morgan fingerprint density at radius 3 is 2.62 bits per heavy atom. The molecule has 110 valence electrons. The summed E-state index contributed by atoms with van der Waals surface area (Å²) in [6, 6.07) is 10.1. The minimum atomic E-state index is -1.02. The van der Waals surface area contributed by atoms with E-state index in [4.69, 9.17) is 4.74 Å². The van der Waals surface area contributed by atoms with Crippen LogP contribution in [0.15, 0.2) is 40.9 Å². The van der Waals surface area contributed by atoms with Crippen molar-refractivity contribution in [2.24, 2.45) is 0 Å². The van der Waals surface area contributed by atoms with Crippen LogP contribution in [0.2, 0.25) is 0 Å². The van der Waals surface area contributed by atoms with Gasteiger partial charge in [-0.05, 0) is 50.2 Å². The van der Waals surface area contributed by atoms with E-state index >= 15 is 0 Å². The van der Waals surface area contributed by atoms with Crippen molar-refractivity contribution in [3.05, 3.63) is 61.6 Å². The van der Waals surface area contributed by atoms with E-state index in [-0.39, 0.29) is 20.3 Å². The van der Waals surface area contributed by atoms with Gasteiger partial charge in [-0.3, -0.25) is 5.32 Å². The molecule has 0 aliphatic rings. The Morgan fingerprint density at radius 1 is 1.29 bits per heavy atom. The topological polar surface area (TPSA) is 38.3 Å². The zero-order chi connectivity index (χ0) is 15.4. The molecule has 0 aliphatic heterocycles. The smallest absolute Gasteiger partial charge is 0.412 e. The van der Waals surface area contributed by atoms with Gasteiger partial charge in [-0.15, -0.1) is 0 Å². The van der Waals surface area contributed by atoms with E-state index in [0.29, 0.717) is 0 Å². The first-order chi connectivity index (χ1) is 9.99. The third kappa shape index (κ3) is 4.13. The van der Waals surface area contributed by atoms with Gasteiger partial charge in [0.2, 0.25) is 0 Å². The number of hydrogen-bond acceptors (Lipinski definition) is 2. The fourth-order valence-electron chi connectivity index (χ4n) is 1.54. The van der Waals surface area contributed by atoms with Crippen LogP contribution in [0.4, 0.5) is 19.3 Å². The average Bonchev–Trinajstić information content (AvgIpc) is 2.48. The summed E-state index contributed by atoms with van der Waals surface area (Å²) in [5.41, 5.74) is 0.958. The van der Waals surface area contributed by atoms with Gasteiger partial charge >= 0.3 is 6.09 Å². The van der Waals surface area contributed by atoms with Gasteiger partial charge in [0, 0.05) is 4.47 Å². The summed E-state index contributed by atoms with van der Waals surface area (Å²) in [5, 5.41) is 2.39. The lowest BCUT2D eigenvalue weighted by Crippen LogP contribution is -2.15. The van der Waals surface area contributed by atoms with Crippen LogP contribution in [0, 0.1) is 15.2 Å². The van der Waals surface area contributed by atoms with Crippen molar-refractivity contribution in [2.45, 2.75) is 6.61 Å². The first-order valence-electron chi connectivity index (χ1n) is 5.79. The van der Waals surface area contributed by atoms with Crippen molar-refractivity contribution in [2.75, 3.05) is 5.32 Å². The number of carbonyl (C=O) groups excluding carboxylic acids is 1. The number of rotatable bonds is 3. The number of nitrogens with one attached hydrogen (secondary N) is 1. The molecule has 2 rings (SSSR count). The highest BCUT2D eigenvalue weighted by atomic mass is 127. The quantitative estimate of drug-likeness (QED) is 0.388. The van der Waals surface area contributed by atoms with Crippen LogP contribution in [0.25, 0.3) is 0 Å². The molecule has 21 heavy (non-hydrogen) atoms. The van der Waals surface area contributed by atoms with E-state index in [1.54, 1.807) is 22.6 Å². The van der Waals surface area contributed by atoms with E-state index in [0.717, 1.165) is 11.6 Å². The molecule has 0 heterocycles. The molecule has 0 unspecified atom stereocenters. The van der Waals surface area contributed by atoms with E-state index < -0.39 is 17.7 Å². The molecule has 0 saturated heterocycles. The first kappa shape index (κ1) is 16.2. The van der Waals surface area contributed by atoms with Crippen LogP contribution >= 0.6 is 38.5 Å². The molecular formula is C14H9BrF2INO2. The van der Waals surface area contributed by atoms with Crippen LogP contribution < -0.4 is 5.32 Å². The lowest BCUT2D eigenvalue weighted by atomic mass is 10.2. The standard InChI is InChI=1S/C14H9BrF2INO2/c15-9-6-10(16)11(17)12(18)13(9)19-14(20)21-7-8-4-2-1-3-5-8/h1-6H,7H2,(H,19,20). The second-order valence-corrected chi connectivity index (χ2v) is 5.96. The number of ether oxygens (including phenoxy) is 1. The maximum absolute atomic E-state index is 13.5. The van der Waals surface area contributed by atoms with Crippen LogP contribution in [0.3, 0.4) is 0 Å². The number of amides is 1. The first-order valence-corrected chi connectivity index (χ1v) is 7.67. The molecular weight excluding hydrogens is 459 g/mol. The van der Waals surface area contributed by atoms with E-state index in [1.807, 2.05) is 30.3 Å². The van der Waals surface area contributed by atoms with E-state index in [1.165, 1.54) is 0 Å². The highest BCUT2D eigenvalue weighted by Crippen LogP contribution is 2.31. The van der Waals surface area contributed by atoms with Crippen molar-refractivity contribution in [3.63, 3.8) is 0 Å². The predicted octanol–water partition coefficient (Wildman–Crippen LogP) is 5.08. The summed E-state index contributed by atoms with van der Waals surface area (Å²) in [6.07, 6.45) is -0.747. The molecule has 1 N–H and O–H groups in total. The van der Waals surface area contributed by atoms with Crippen molar-refractivity contribution in [1.29, 1.82) is 0 Å². The summed E-state index contributed by atoms with van der Waals surface area (Å²) >= 11 is 4.69. The van der Waals surface area contributed by atoms with Gasteiger partial charge in [0.15, 0.2) is 11.6 Å². The fraction of sp³-hybridized carbons (Fsp3) is 0.0714.